The van der Waals surface area contributed by atoms with Gasteiger partial charge in [-0.3, -0.25) is 4.79 Å². The van der Waals surface area contributed by atoms with E-state index in [0.717, 1.165) is 19.1 Å². The van der Waals surface area contributed by atoms with E-state index in [1.165, 1.54) is 6.42 Å². The Kier molecular flexibility index (Phi) is 6.79. The van der Waals surface area contributed by atoms with Gasteiger partial charge < -0.3 is 4.74 Å². The van der Waals surface area contributed by atoms with Gasteiger partial charge in [-0.1, -0.05) is 19.8 Å². The summed E-state index contributed by atoms with van der Waals surface area (Å²) in [5, 5.41) is 0. The molecule has 0 aromatic carbocycles. The van der Waals surface area contributed by atoms with Crippen LogP contribution in [0.1, 0.15) is 33.1 Å². The van der Waals surface area contributed by atoms with E-state index < -0.39 is 0 Å². The van der Waals surface area contributed by atoms with Crippen molar-refractivity contribution in [2.75, 3.05) is 6.61 Å². The fourth-order valence-corrected chi connectivity index (χ4v) is 0.727. The van der Waals surface area contributed by atoms with Crippen molar-refractivity contribution in [3.8, 4) is 0 Å². The van der Waals surface area contributed by atoms with Gasteiger partial charge in [0.25, 0.3) is 0 Å². The van der Waals surface area contributed by atoms with Crippen LogP contribution in [0.3, 0.4) is 0 Å². The molecule has 0 amide bonds. The summed E-state index contributed by atoms with van der Waals surface area (Å²) in [4.78, 5) is 10.2. The summed E-state index contributed by atoms with van der Waals surface area (Å²) in [6.07, 6.45) is 5.79. The number of allylic oxidation sites excluding steroid dienone is 2. The molecule has 0 aliphatic rings. The van der Waals surface area contributed by atoms with Crippen molar-refractivity contribution in [3.05, 3.63) is 11.8 Å². The molecule has 0 rings (SSSR count). The first-order valence-electron chi connectivity index (χ1n) is 4.09. The van der Waals surface area contributed by atoms with Crippen LogP contribution in [0.5, 0.6) is 0 Å². The van der Waals surface area contributed by atoms with Crippen molar-refractivity contribution in [3.63, 3.8) is 0 Å². The van der Waals surface area contributed by atoms with Gasteiger partial charge in [0.05, 0.1) is 6.61 Å². The normalized spacial score (nSPS) is 11.3. The Balaban J connectivity index is 3.29. The average molecular weight is 156 g/mol. The highest BCUT2D eigenvalue weighted by Gasteiger charge is 1.92. The van der Waals surface area contributed by atoms with Crippen molar-refractivity contribution in [1.29, 1.82) is 0 Å². The van der Waals surface area contributed by atoms with Crippen molar-refractivity contribution in [2.24, 2.45) is 0 Å². The lowest BCUT2D eigenvalue weighted by Crippen LogP contribution is -1.95. The fourth-order valence-electron chi connectivity index (χ4n) is 0.727. The highest BCUT2D eigenvalue weighted by Crippen LogP contribution is 1.98. The number of ether oxygens (including phenoxy) is 1. The van der Waals surface area contributed by atoms with Gasteiger partial charge in [-0.15, -0.1) is 0 Å². The summed E-state index contributed by atoms with van der Waals surface area (Å²) in [5.74, 6) is 0.445. The van der Waals surface area contributed by atoms with E-state index in [1.54, 1.807) is 13.0 Å². The fraction of sp³-hybridized carbons (Fsp3) is 0.667. The average Bonchev–Trinajstić information content (AvgIpc) is 2.05. The molecular weight excluding hydrogens is 140 g/mol. The molecule has 0 radical (unpaired) electrons. The summed E-state index contributed by atoms with van der Waals surface area (Å²) in [6, 6.07) is 0. The molecule has 0 aromatic rings. The highest BCUT2D eigenvalue weighted by molar-refractivity contribution is 5.69. The molecule has 0 N–H and O–H groups in total. The minimum Gasteiger partial charge on any atom is -0.491 e. The van der Waals surface area contributed by atoms with Crippen LogP contribution >= 0.6 is 0 Å². The lowest BCUT2D eigenvalue weighted by atomic mass is 10.3. The summed E-state index contributed by atoms with van der Waals surface area (Å²) in [7, 11) is 0. The monoisotopic (exact) mass is 156 g/mol. The zero-order chi connectivity index (χ0) is 8.53. The largest absolute Gasteiger partial charge is 0.491 e. The van der Waals surface area contributed by atoms with Gasteiger partial charge in [-0.2, -0.15) is 0 Å². The molecule has 0 aromatic heterocycles. The Bertz CT molecular complexity index is 128. The topological polar surface area (TPSA) is 26.3 Å². The standard InChI is InChI=1S/C9H16O2/c1-3-5-6-7-11-9(4-2)8-10/h4,8H,3,5-7H2,1-2H3/b9-4-. The van der Waals surface area contributed by atoms with Crippen molar-refractivity contribution < 1.29 is 9.53 Å². The van der Waals surface area contributed by atoms with Crippen LogP contribution in [0.4, 0.5) is 0 Å². The SMILES string of the molecule is C/C=C(/C=O)OCCCCC. The van der Waals surface area contributed by atoms with Crippen LogP contribution < -0.4 is 0 Å². The molecule has 0 bridgehead atoms. The lowest BCUT2D eigenvalue weighted by Gasteiger charge is -2.02. The summed E-state index contributed by atoms with van der Waals surface area (Å²) >= 11 is 0. The smallest absolute Gasteiger partial charge is 0.184 e. The van der Waals surface area contributed by atoms with Gasteiger partial charge in [0.1, 0.15) is 0 Å². The molecule has 0 heterocycles. The second-order valence-corrected chi connectivity index (χ2v) is 2.36. The molecular formula is C9H16O2. The molecule has 2 nitrogen and oxygen atoms in total. The molecule has 0 aliphatic carbocycles. The van der Waals surface area contributed by atoms with Gasteiger partial charge in [0.2, 0.25) is 0 Å². The van der Waals surface area contributed by atoms with Crippen molar-refractivity contribution in [2.45, 2.75) is 33.1 Å². The van der Waals surface area contributed by atoms with Gasteiger partial charge >= 0.3 is 0 Å². The van der Waals surface area contributed by atoms with E-state index in [4.69, 9.17) is 4.74 Å². The van der Waals surface area contributed by atoms with E-state index in [1.807, 2.05) is 0 Å². The maximum Gasteiger partial charge on any atom is 0.184 e. The molecule has 2 heteroatoms. The molecule has 0 unspecified atom stereocenters. The highest BCUT2D eigenvalue weighted by atomic mass is 16.5. The van der Waals surface area contributed by atoms with Gasteiger partial charge in [-0.05, 0) is 19.4 Å². The van der Waals surface area contributed by atoms with Gasteiger partial charge in [0.15, 0.2) is 12.0 Å². The number of carbonyl (C=O) groups is 1. The Labute approximate surface area is 68.2 Å². The van der Waals surface area contributed by atoms with E-state index in [2.05, 4.69) is 6.92 Å². The molecule has 0 spiro atoms. The third-order valence-corrected chi connectivity index (χ3v) is 1.42. The lowest BCUT2D eigenvalue weighted by molar-refractivity contribution is -0.107. The van der Waals surface area contributed by atoms with Crippen LogP contribution in [-0.4, -0.2) is 12.9 Å². The van der Waals surface area contributed by atoms with Crippen LogP contribution in [0.2, 0.25) is 0 Å². The van der Waals surface area contributed by atoms with E-state index in [0.29, 0.717) is 12.4 Å². The molecule has 0 fully saturated rings. The first-order chi connectivity index (χ1) is 5.35. The number of carbonyl (C=O) groups excluding carboxylic acids is 1. The number of unbranched alkanes of at least 4 members (excludes halogenated alkanes) is 2. The number of hydrogen-bond donors (Lipinski definition) is 0. The number of rotatable bonds is 6. The van der Waals surface area contributed by atoms with Crippen molar-refractivity contribution in [1.82, 2.24) is 0 Å². The summed E-state index contributed by atoms with van der Waals surface area (Å²) in [6.45, 7) is 4.59. The van der Waals surface area contributed by atoms with E-state index in [9.17, 15) is 4.79 Å². The maximum absolute atomic E-state index is 10.2. The maximum atomic E-state index is 10.2. The minimum atomic E-state index is 0.445. The Morgan fingerprint density at radius 2 is 2.18 bits per heavy atom. The molecule has 0 saturated carbocycles. The van der Waals surface area contributed by atoms with Gasteiger partial charge in [0, 0.05) is 0 Å². The Hall–Kier alpha value is -0.790. The van der Waals surface area contributed by atoms with Gasteiger partial charge in [-0.25, -0.2) is 0 Å². The van der Waals surface area contributed by atoms with Crippen LogP contribution in [0.25, 0.3) is 0 Å². The minimum absolute atomic E-state index is 0.445. The second kappa shape index (κ2) is 7.32. The zero-order valence-electron chi connectivity index (χ0n) is 7.30. The predicted molar refractivity (Wildman–Crippen MR) is 45.3 cm³/mol. The zero-order valence-corrected chi connectivity index (χ0v) is 7.30. The molecule has 0 atom stereocenters. The Morgan fingerprint density at radius 3 is 2.64 bits per heavy atom. The summed E-state index contributed by atoms with van der Waals surface area (Å²) < 4.78 is 5.14. The third kappa shape index (κ3) is 5.64. The quantitative estimate of drug-likeness (QED) is 0.255. The summed E-state index contributed by atoms with van der Waals surface area (Å²) in [5.41, 5.74) is 0. The molecule has 0 saturated heterocycles. The van der Waals surface area contributed by atoms with E-state index in [-0.39, 0.29) is 0 Å². The third-order valence-electron chi connectivity index (χ3n) is 1.42. The predicted octanol–water partition coefficient (Wildman–Crippen LogP) is 2.30. The van der Waals surface area contributed by atoms with Crippen LogP contribution in [-0.2, 0) is 9.53 Å². The number of aldehydes is 1. The first-order valence-corrected chi connectivity index (χ1v) is 4.09. The van der Waals surface area contributed by atoms with Crippen molar-refractivity contribution >= 4 is 6.29 Å². The number of hydrogen-bond acceptors (Lipinski definition) is 2. The second-order valence-electron chi connectivity index (χ2n) is 2.36. The molecule has 0 aliphatic heterocycles. The molecule has 64 valence electrons. The van der Waals surface area contributed by atoms with E-state index >= 15 is 0 Å². The molecule has 11 heavy (non-hydrogen) atoms. The first kappa shape index (κ1) is 10.2. The Morgan fingerprint density at radius 1 is 1.45 bits per heavy atom. The van der Waals surface area contributed by atoms with Crippen LogP contribution in [0, 0.1) is 0 Å². The van der Waals surface area contributed by atoms with Crippen LogP contribution in [0.15, 0.2) is 11.8 Å².